The molecule has 1 aliphatic heterocycles. The van der Waals surface area contributed by atoms with Crippen LogP contribution in [0.5, 0.6) is 17.2 Å². The van der Waals surface area contributed by atoms with Crippen LogP contribution in [0.15, 0.2) is 48.9 Å². The molecule has 0 spiro atoms. The topological polar surface area (TPSA) is 87.5 Å². The first-order valence-corrected chi connectivity index (χ1v) is 8.86. The van der Waals surface area contributed by atoms with Gasteiger partial charge in [0.1, 0.15) is 5.75 Å². The molecule has 28 heavy (non-hydrogen) atoms. The van der Waals surface area contributed by atoms with Crippen molar-refractivity contribution in [2.24, 2.45) is 7.05 Å². The molecule has 2 aromatic heterocycles. The summed E-state index contributed by atoms with van der Waals surface area (Å²) in [5.41, 5.74) is 2.79. The third-order valence-electron chi connectivity index (χ3n) is 4.40. The van der Waals surface area contributed by atoms with Crippen LogP contribution < -0.4 is 19.5 Å². The van der Waals surface area contributed by atoms with E-state index in [2.05, 4.69) is 15.4 Å². The number of rotatable bonds is 6. The first-order valence-electron chi connectivity index (χ1n) is 8.86. The maximum Gasteiger partial charge on any atom is 0.261 e. The number of aryl methyl sites for hydroxylation is 1. The molecule has 0 unspecified atom stereocenters. The van der Waals surface area contributed by atoms with E-state index in [0.29, 0.717) is 23.8 Å². The number of hydrogen-bond acceptors (Lipinski definition) is 6. The highest BCUT2D eigenvalue weighted by Crippen LogP contribution is 2.35. The highest BCUT2D eigenvalue weighted by Gasteiger charge is 2.18. The van der Waals surface area contributed by atoms with E-state index in [1.807, 2.05) is 19.2 Å². The van der Waals surface area contributed by atoms with Crippen molar-refractivity contribution >= 4 is 5.91 Å². The maximum atomic E-state index is 12.4. The Bertz CT molecular complexity index is 1000. The molecule has 3 heterocycles. The molecule has 4 rings (SSSR count). The Morgan fingerprint density at radius 2 is 2.11 bits per heavy atom. The lowest BCUT2D eigenvalue weighted by molar-refractivity contribution is -0.127. The van der Waals surface area contributed by atoms with E-state index in [4.69, 9.17) is 14.2 Å². The maximum absolute atomic E-state index is 12.4. The summed E-state index contributed by atoms with van der Waals surface area (Å²) < 4.78 is 18.1. The van der Waals surface area contributed by atoms with Gasteiger partial charge >= 0.3 is 0 Å². The van der Waals surface area contributed by atoms with Gasteiger partial charge in [-0.1, -0.05) is 0 Å². The van der Waals surface area contributed by atoms with Crippen molar-refractivity contribution in [1.29, 1.82) is 0 Å². The molecular weight excluding hydrogens is 360 g/mol. The van der Waals surface area contributed by atoms with E-state index >= 15 is 0 Å². The van der Waals surface area contributed by atoms with Gasteiger partial charge in [0.05, 0.1) is 5.69 Å². The van der Waals surface area contributed by atoms with Crippen LogP contribution in [0.4, 0.5) is 0 Å². The molecule has 144 valence electrons. The minimum absolute atomic E-state index is 0.195. The van der Waals surface area contributed by atoms with Crippen LogP contribution in [0, 0.1) is 0 Å². The summed E-state index contributed by atoms with van der Waals surface area (Å²) in [7, 11) is 1.87. The molecule has 8 nitrogen and oxygen atoms in total. The van der Waals surface area contributed by atoms with Gasteiger partial charge in [-0.2, -0.15) is 5.10 Å². The fourth-order valence-electron chi connectivity index (χ4n) is 2.92. The second-order valence-electron chi connectivity index (χ2n) is 6.41. The zero-order chi connectivity index (χ0) is 19.5. The number of pyridine rings is 1. The van der Waals surface area contributed by atoms with Crippen LogP contribution in [0.2, 0.25) is 0 Å². The highest BCUT2D eigenvalue weighted by atomic mass is 16.7. The molecule has 0 radical (unpaired) electrons. The van der Waals surface area contributed by atoms with Crippen molar-refractivity contribution < 1.29 is 19.0 Å². The number of fused-ring (bicyclic) bond motifs is 1. The van der Waals surface area contributed by atoms with Crippen LogP contribution in [0.3, 0.4) is 0 Å². The van der Waals surface area contributed by atoms with E-state index in [9.17, 15) is 4.79 Å². The van der Waals surface area contributed by atoms with Gasteiger partial charge in [0.25, 0.3) is 5.91 Å². The molecular formula is C20H20N4O4. The zero-order valence-electron chi connectivity index (χ0n) is 15.6. The van der Waals surface area contributed by atoms with Crippen LogP contribution in [0.25, 0.3) is 11.3 Å². The fraction of sp³-hybridized carbons (Fsp3) is 0.250. The SMILES string of the molecule is C[C@H](Oc1ccc2c(c1)OCO2)C(=O)NCc1cncc(-c2ccnn2C)c1. The largest absolute Gasteiger partial charge is 0.481 e. The minimum Gasteiger partial charge on any atom is -0.481 e. The summed E-state index contributed by atoms with van der Waals surface area (Å²) >= 11 is 0. The van der Waals surface area contributed by atoms with Crippen molar-refractivity contribution in [1.82, 2.24) is 20.1 Å². The second-order valence-corrected chi connectivity index (χ2v) is 6.41. The summed E-state index contributed by atoms with van der Waals surface area (Å²) in [6.45, 7) is 2.25. The first kappa shape index (κ1) is 17.8. The van der Waals surface area contributed by atoms with E-state index in [1.54, 1.807) is 48.4 Å². The molecule has 0 saturated heterocycles. The molecule has 1 atom stereocenters. The van der Waals surface area contributed by atoms with Gasteiger partial charge in [0.15, 0.2) is 17.6 Å². The molecule has 1 aliphatic rings. The number of carbonyl (C=O) groups is 1. The lowest BCUT2D eigenvalue weighted by atomic mass is 10.1. The summed E-state index contributed by atoms with van der Waals surface area (Å²) in [6, 6.07) is 9.12. The summed E-state index contributed by atoms with van der Waals surface area (Å²) in [6.07, 6.45) is 4.57. The lowest BCUT2D eigenvalue weighted by Gasteiger charge is -2.15. The molecule has 1 amide bonds. The van der Waals surface area contributed by atoms with Gasteiger partial charge in [-0.3, -0.25) is 14.5 Å². The predicted molar refractivity (Wildman–Crippen MR) is 101 cm³/mol. The molecule has 1 aromatic carbocycles. The standard InChI is InChI=1S/C20H20N4O4/c1-13(28-16-3-4-18-19(8-16)27-12-26-18)20(25)22-10-14-7-15(11-21-9-14)17-5-6-23-24(17)2/h3-9,11,13H,10,12H2,1-2H3,(H,22,25)/t13-/m0/s1. The van der Waals surface area contributed by atoms with Gasteiger partial charge in [0, 0.05) is 43.8 Å². The number of ether oxygens (including phenoxy) is 3. The average molecular weight is 380 g/mol. The van der Waals surface area contributed by atoms with Crippen LogP contribution in [-0.4, -0.2) is 33.6 Å². The normalized spacial score (nSPS) is 13.2. The molecule has 0 saturated carbocycles. The van der Waals surface area contributed by atoms with Crippen molar-refractivity contribution in [3.8, 4) is 28.5 Å². The Labute approximate surface area is 162 Å². The van der Waals surface area contributed by atoms with Crippen LogP contribution in [-0.2, 0) is 18.4 Å². The van der Waals surface area contributed by atoms with Crippen molar-refractivity contribution in [2.75, 3.05) is 6.79 Å². The van der Waals surface area contributed by atoms with Gasteiger partial charge in [0.2, 0.25) is 6.79 Å². The van der Waals surface area contributed by atoms with Gasteiger partial charge < -0.3 is 19.5 Å². The Morgan fingerprint density at radius 1 is 1.25 bits per heavy atom. The fourth-order valence-corrected chi connectivity index (χ4v) is 2.92. The molecule has 0 fully saturated rings. The molecule has 3 aromatic rings. The first-order chi connectivity index (χ1) is 13.6. The quantitative estimate of drug-likeness (QED) is 0.706. The Kier molecular flexibility index (Phi) is 4.84. The molecule has 8 heteroatoms. The van der Waals surface area contributed by atoms with E-state index < -0.39 is 6.10 Å². The molecule has 1 N–H and O–H groups in total. The average Bonchev–Trinajstić information content (AvgIpc) is 3.34. The molecule has 0 aliphatic carbocycles. The summed E-state index contributed by atoms with van der Waals surface area (Å²) in [4.78, 5) is 16.7. The van der Waals surface area contributed by atoms with Crippen molar-refractivity contribution in [3.05, 3.63) is 54.5 Å². The van der Waals surface area contributed by atoms with E-state index in [1.165, 1.54) is 0 Å². The third-order valence-corrected chi connectivity index (χ3v) is 4.40. The van der Waals surface area contributed by atoms with Gasteiger partial charge in [-0.25, -0.2) is 0 Å². The lowest BCUT2D eigenvalue weighted by Crippen LogP contribution is -2.35. The van der Waals surface area contributed by atoms with Crippen molar-refractivity contribution in [3.63, 3.8) is 0 Å². The van der Waals surface area contributed by atoms with Crippen LogP contribution in [0.1, 0.15) is 12.5 Å². The predicted octanol–water partition coefficient (Wildman–Crippen LogP) is 2.29. The number of amides is 1. The third kappa shape index (κ3) is 3.75. The van der Waals surface area contributed by atoms with Gasteiger partial charge in [-0.05, 0) is 36.8 Å². The molecule has 0 bridgehead atoms. The van der Waals surface area contributed by atoms with Crippen molar-refractivity contribution in [2.45, 2.75) is 19.6 Å². The van der Waals surface area contributed by atoms with Crippen LogP contribution >= 0.6 is 0 Å². The van der Waals surface area contributed by atoms with E-state index in [-0.39, 0.29) is 12.7 Å². The monoisotopic (exact) mass is 380 g/mol. The summed E-state index contributed by atoms with van der Waals surface area (Å²) in [5.74, 6) is 1.61. The second kappa shape index (κ2) is 7.59. The smallest absolute Gasteiger partial charge is 0.261 e. The van der Waals surface area contributed by atoms with Gasteiger partial charge in [-0.15, -0.1) is 0 Å². The number of nitrogens with zero attached hydrogens (tertiary/aromatic N) is 3. The van der Waals surface area contributed by atoms with E-state index in [0.717, 1.165) is 16.8 Å². The number of benzene rings is 1. The Hall–Kier alpha value is -3.55. The minimum atomic E-state index is -0.659. The Morgan fingerprint density at radius 3 is 2.93 bits per heavy atom. The summed E-state index contributed by atoms with van der Waals surface area (Å²) in [5, 5.41) is 7.04. The Balaban J connectivity index is 1.36. The number of carbonyl (C=O) groups excluding carboxylic acids is 1. The highest BCUT2D eigenvalue weighted by molar-refractivity contribution is 5.80. The number of hydrogen-bond donors (Lipinski definition) is 1. The zero-order valence-corrected chi connectivity index (χ0v) is 15.6. The number of aromatic nitrogens is 3. The number of nitrogens with one attached hydrogen (secondary N) is 1.